The first kappa shape index (κ1) is 19.3. The Morgan fingerprint density at radius 2 is 1.87 bits per heavy atom. The molecule has 4 nitrogen and oxygen atoms in total. The van der Waals surface area contributed by atoms with Gasteiger partial charge in [-0.25, -0.2) is 4.98 Å². The first-order valence-corrected chi connectivity index (χ1v) is 6.58. The molecule has 0 unspecified atom stereocenters. The summed E-state index contributed by atoms with van der Waals surface area (Å²) in [5.41, 5.74) is -3.07. The first-order chi connectivity index (χ1) is 10.5. The number of hydrogen-bond acceptors (Lipinski definition) is 4. The molecule has 0 radical (unpaired) electrons. The number of carbonyl (C=O) groups is 1. The predicted octanol–water partition coefficient (Wildman–Crippen LogP) is 3.84. The lowest BCUT2D eigenvalue weighted by molar-refractivity contribution is -0.275. The van der Waals surface area contributed by atoms with Crippen LogP contribution in [0.3, 0.4) is 0 Å². The standard InChI is InChI=1S/C12H10ClF6NO3/c1-2-22-9(21)4-6-3-8(23-12(17,18)19)7(5-13)20-10(6)11(14,15)16/h3H,2,4-5H2,1H3. The second-order valence-corrected chi connectivity index (χ2v) is 4.37. The predicted molar refractivity (Wildman–Crippen MR) is 65.8 cm³/mol. The summed E-state index contributed by atoms with van der Waals surface area (Å²) in [4.78, 5) is 14.4. The molecule has 0 N–H and O–H groups in total. The molecule has 0 spiro atoms. The monoisotopic (exact) mass is 365 g/mol. The van der Waals surface area contributed by atoms with Crippen LogP contribution in [0.5, 0.6) is 5.75 Å². The molecule has 0 fully saturated rings. The SMILES string of the molecule is CCOC(=O)Cc1cc(OC(F)(F)F)c(CCl)nc1C(F)(F)F. The van der Waals surface area contributed by atoms with Gasteiger partial charge in [0.25, 0.3) is 0 Å². The number of rotatable bonds is 5. The van der Waals surface area contributed by atoms with Crippen molar-refractivity contribution < 1.29 is 40.6 Å². The van der Waals surface area contributed by atoms with E-state index in [-0.39, 0.29) is 6.61 Å². The van der Waals surface area contributed by atoms with Crippen LogP contribution in [-0.2, 0) is 28.0 Å². The number of halogens is 7. The smallest absolute Gasteiger partial charge is 0.466 e. The molecule has 0 saturated carbocycles. The van der Waals surface area contributed by atoms with E-state index in [9.17, 15) is 31.1 Å². The van der Waals surface area contributed by atoms with Crippen LogP contribution >= 0.6 is 11.6 Å². The topological polar surface area (TPSA) is 48.4 Å². The number of nitrogens with zero attached hydrogens (tertiary/aromatic N) is 1. The number of hydrogen-bond donors (Lipinski definition) is 0. The van der Waals surface area contributed by atoms with Crippen LogP contribution in [0, 0.1) is 0 Å². The van der Waals surface area contributed by atoms with Crippen LogP contribution in [0.1, 0.15) is 23.9 Å². The highest BCUT2D eigenvalue weighted by molar-refractivity contribution is 6.17. The molecule has 1 rings (SSSR count). The van der Waals surface area contributed by atoms with E-state index in [2.05, 4.69) is 14.5 Å². The maximum Gasteiger partial charge on any atom is 0.573 e. The molecular formula is C12H10ClF6NO3. The highest BCUT2D eigenvalue weighted by atomic mass is 35.5. The maximum absolute atomic E-state index is 12.9. The van der Waals surface area contributed by atoms with E-state index in [1.807, 2.05) is 0 Å². The van der Waals surface area contributed by atoms with Crippen LogP contribution in [0.15, 0.2) is 6.07 Å². The van der Waals surface area contributed by atoms with Crippen LogP contribution in [0.25, 0.3) is 0 Å². The molecule has 1 heterocycles. The summed E-state index contributed by atoms with van der Waals surface area (Å²) in [7, 11) is 0. The number of esters is 1. The largest absolute Gasteiger partial charge is 0.573 e. The summed E-state index contributed by atoms with van der Waals surface area (Å²) in [6.45, 7) is 1.33. The highest BCUT2D eigenvalue weighted by Crippen LogP contribution is 2.36. The summed E-state index contributed by atoms with van der Waals surface area (Å²) in [5.74, 6) is -2.79. The van der Waals surface area contributed by atoms with Crippen molar-refractivity contribution in [1.82, 2.24) is 4.98 Å². The summed E-state index contributed by atoms with van der Waals surface area (Å²) < 4.78 is 83.8. The third kappa shape index (κ3) is 5.77. The molecule has 11 heteroatoms. The molecule has 23 heavy (non-hydrogen) atoms. The second kappa shape index (κ2) is 7.24. The molecule has 0 aliphatic carbocycles. The molecule has 0 bridgehead atoms. The van der Waals surface area contributed by atoms with Crippen molar-refractivity contribution >= 4 is 17.6 Å². The van der Waals surface area contributed by atoms with E-state index >= 15 is 0 Å². The van der Waals surface area contributed by atoms with Gasteiger partial charge in [0.15, 0.2) is 5.75 Å². The Morgan fingerprint density at radius 3 is 2.30 bits per heavy atom. The van der Waals surface area contributed by atoms with Gasteiger partial charge < -0.3 is 9.47 Å². The fourth-order valence-electron chi connectivity index (χ4n) is 1.63. The quantitative estimate of drug-likeness (QED) is 0.452. The highest BCUT2D eigenvalue weighted by Gasteiger charge is 2.39. The molecule has 0 aromatic carbocycles. The van der Waals surface area contributed by atoms with Crippen molar-refractivity contribution in [2.45, 2.75) is 31.8 Å². The fraction of sp³-hybridized carbons (Fsp3) is 0.500. The van der Waals surface area contributed by atoms with Gasteiger partial charge in [0.2, 0.25) is 0 Å². The Morgan fingerprint density at radius 1 is 1.26 bits per heavy atom. The third-order valence-electron chi connectivity index (χ3n) is 2.40. The van der Waals surface area contributed by atoms with Crippen molar-refractivity contribution in [3.05, 3.63) is 23.0 Å². The Hall–Kier alpha value is -1.71. The van der Waals surface area contributed by atoms with Crippen LogP contribution < -0.4 is 4.74 Å². The third-order valence-corrected chi connectivity index (χ3v) is 2.65. The molecule has 1 aromatic heterocycles. The van der Waals surface area contributed by atoms with Crippen molar-refractivity contribution in [1.29, 1.82) is 0 Å². The Bertz CT molecular complexity index is 573. The Kier molecular flexibility index (Phi) is 6.09. The van der Waals surface area contributed by atoms with Gasteiger partial charge in [-0.1, -0.05) is 0 Å². The lowest BCUT2D eigenvalue weighted by Crippen LogP contribution is -2.21. The zero-order valence-corrected chi connectivity index (χ0v) is 12.3. The summed E-state index contributed by atoms with van der Waals surface area (Å²) in [6, 6.07) is 0.442. The van der Waals surface area contributed by atoms with Gasteiger partial charge in [0, 0.05) is 0 Å². The Labute approximate surface area is 131 Å². The lowest BCUT2D eigenvalue weighted by atomic mass is 10.1. The van der Waals surface area contributed by atoms with Crippen molar-refractivity contribution in [2.24, 2.45) is 0 Å². The number of carbonyl (C=O) groups excluding carboxylic acids is 1. The first-order valence-electron chi connectivity index (χ1n) is 6.05. The van der Waals surface area contributed by atoms with Gasteiger partial charge in [-0.2, -0.15) is 13.2 Å². The Balaban J connectivity index is 3.37. The normalized spacial score (nSPS) is 12.2. The van der Waals surface area contributed by atoms with E-state index in [1.54, 1.807) is 0 Å². The van der Waals surface area contributed by atoms with E-state index in [4.69, 9.17) is 11.6 Å². The zero-order chi connectivity index (χ0) is 17.8. The van der Waals surface area contributed by atoms with Crippen molar-refractivity contribution in [3.8, 4) is 5.75 Å². The lowest BCUT2D eigenvalue weighted by Gasteiger charge is -2.17. The minimum Gasteiger partial charge on any atom is -0.466 e. The minimum atomic E-state index is -5.15. The number of alkyl halides is 7. The van der Waals surface area contributed by atoms with E-state index < -0.39 is 53.5 Å². The van der Waals surface area contributed by atoms with Gasteiger partial charge >= 0.3 is 18.5 Å². The van der Waals surface area contributed by atoms with Crippen molar-refractivity contribution in [3.63, 3.8) is 0 Å². The van der Waals surface area contributed by atoms with Crippen LogP contribution in [0.2, 0.25) is 0 Å². The molecular weight excluding hydrogens is 356 g/mol. The number of aromatic nitrogens is 1. The molecule has 0 aliphatic heterocycles. The molecule has 0 aliphatic rings. The van der Waals surface area contributed by atoms with Gasteiger partial charge in [-0.05, 0) is 18.6 Å². The average molecular weight is 366 g/mol. The molecule has 130 valence electrons. The van der Waals surface area contributed by atoms with Gasteiger partial charge in [-0.3, -0.25) is 4.79 Å². The van der Waals surface area contributed by atoms with Crippen LogP contribution in [0.4, 0.5) is 26.3 Å². The summed E-state index contributed by atoms with van der Waals surface area (Å²) in [5, 5.41) is 0. The minimum absolute atomic E-state index is 0.0979. The zero-order valence-electron chi connectivity index (χ0n) is 11.5. The van der Waals surface area contributed by atoms with E-state index in [1.165, 1.54) is 6.92 Å². The molecule has 0 saturated heterocycles. The van der Waals surface area contributed by atoms with Gasteiger partial charge in [0.05, 0.1) is 24.6 Å². The number of ether oxygens (including phenoxy) is 2. The molecule has 1 aromatic rings. The molecule has 0 amide bonds. The average Bonchev–Trinajstić information content (AvgIpc) is 2.35. The summed E-state index contributed by atoms with van der Waals surface area (Å²) in [6.07, 6.45) is -11.0. The summed E-state index contributed by atoms with van der Waals surface area (Å²) >= 11 is 5.32. The van der Waals surface area contributed by atoms with Gasteiger partial charge in [0.1, 0.15) is 5.69 Å². The van der Waals surface area contributed by atoms with E-state index in [0.29, 0.717) is 6.07 Å². The maximum atomic E-state index is 12.9. The number of pyridine rings is 1. The fourth-order valence-corrected chi connectivity index (χ4v) is 1.82. The van der Waals surface area contributed by atoms with Crippen molar-refractivity contribution in [2.75, 3.05) is 6.61 Å². The second-order valence-electron chi connectivity index (χ2n) is 4.10. The van der Waals surface area contributed by atoms with Crippen LogP contribution in [-0.4, -0.2) is 23.9 Å². The van der Waals surface area contributed by atoms with E-state index in [0.717, 1.165) is 0 Å². The molecule has 0 atom stereocenters. The van der Waals surface area contributed by atoms with Gasteiger partial charge in [-0.15, -0.1) is 24.8 Å².